The van der Waals surface area contributed by atoms with Crippen molar-refractivity contribution >= 4 is 12.2 Å². The minimum atomic E-state index is -0.982. The maximum atomic E-state index is 12.7. The van der Waals surface area contributed by atoms with Gasteiger partial charge in [-0.1, -0.05) is 66.7 Å². The van der Waals surface area contributed by atoms with Crippen molar-refractivity contribution in [1.29, 1.82) is 0 Å². The molecule has 8 heteroatoms. The van der Waals surface area contributed by atoms with Crippen LogP contribution < -0.4 is 10.6 Å². The maximum Gasteiger partial charge on any atom is 0.407 e. The topological polar surface area (TPSA) is 110 Å². The molecular weight excluding hydrogens is 482 g/mol. The zero-order valence-electron chi connectivity index (χ0n) is 22.2. The monoisotopic (exact) mass is 519 g/mol. The lowest BCUT2D eigenvalue weighted by molar-refractivity contribution is 0.0463. The molecule has 8 nitrogen and oxygen atoms in total. The molecule has 202 valence electrons. The molecule has 38 heavy (non-hydrogen) atoms. The highest BCUT2D eigenvalue weighted by Crippen LogP contribution is 2.15. The van der Waals surface area contributed by atoms with E-state index in [0.717, 1.165) is 16.7 Å². The van der Waals surface area contributed by atoms with Gasteiger partial charge in [0.25, 0.3) is 0 Å². The fraction of sp³-hybridized carbons (Fsp3) is 0.367. The van der Waals surface area contributed by atoms with Crippen LogP contribution in [0.4, 0.5) is 9.59 Å². The molecule has 3 aromatic rings. The number of rotatable bonds is 11. The van der Waals surface area contributed by atoms with Crippen LogP contribution >= 0.6 is 0 Å². The minimum absolute atomic E-state index is 0.0602. The van der Waals surface area contributed by atoms with Gasteiger partial charge in [0.15, 0.2) is 0 Å². The van der Waals surface area contributed by atoms with E-state index in [4.69, 9.17) is 9.47 Å². The lowest BCUT2D eigenvalue weighted by atomic mass is 9.94. The van der Waals surface area contributed by atoms with E-state index in [-0.39, 0.29) is 13.0 Å². The van der Waals surface area contributed by atoms with Gasteiger partial charge in [-0.25, -0.2) is 9.59 Å². The van der Waals surface area contributed by atoms with Crippen LogP contribution in [0.15, 0.2) is 85.2 Å². The molecule has 3 atom stereocenters. The molecule has 0 aliphatic heterocycles. The van der Waals surface area contributed by atoms with Gasteiger partial charge in [0.2, 0.25) is 0 Å². The number of amides is 2. The van der Waals surface area contributed by atoms with Gasteiger partial charge in [-0.2, -0.15) is 0 Å². The standard InChI is InChI=1S/C30H37N3O5/c1-30(2,3)38-29(36)32-25(17-22-11-6-4-7-12-22)19-27(34)26(18-23-13-8-5-9-14-23)33-28(35)37-21-24-15-10-16-31-20-24/h4-16,20,25-27,34H,17-19,21H2,1-3H3,(H,32,36)(H,33,35)/t25-,26-,27-/m0/s1. The van der Waals surface area contributed by atoms with Gasteiger partial charge in [-0.15, -0.1) is 0 Å². The number of benzene rings is 2. The normalized spacial score (nSPS) is 13.6. The van der Waals surface area contributed by atoms with E-state index < -0.39 is 36.0 Å². The Labute approximate surface area is 224 Å². The summed E-state index contributed by atoms with van der Waals surface area (Å²) in [6, 6.07) is 21.8. The van der Waals surface area contributed by atoms with E-state index in [1.54, 1.807) is 39.2 Å². The quantitative estimate of drug-likeness (QED) is 0.336. The molecule has 1 aromatic heterocycles. The van der Waals surface area contributed by atoms with Crippen molar-refractivity contribution in [3.63, 3.8) is 0 Å². The number of alkyl carbamates (subject to hydrolysis) is 2. The highest BCUT2D eigenvalue weighted by atomic mass is 16.6. The number of aromatic nitrogens is 1. The van der Waals surface area contributed by atoms with E-state index >= 15 is 0 Å². The highest BCUT2D eigenvalue weighted by molar-refractivity contribution is 5.68. The first kappa shape index (κ1) is 28.7. The van der Waals surface area contributed by atoms with Gasteiger partial charge in [0.05, 0.1) is 12.1 Å². The second-order valence-corrected chi connectivity index (χ2v) is 10.2. The third-order valence-corrected chi connectivity index (χ3v) is 5.73. The summed E-state index contributed by atoms with van der Waals surface area (Å²) in [7, 11) is 0. The van der Waals surface area contributed by atoms with Gasteiger partial charge < -0.3 is 25.2 Å². The molecule has 0 aliphatic rings. The third-order valence-electron chi connectivity index (χ3n) is 5.73. The summed E-state index contributed by atoms with van der Waals surface area (Å²) in [5, 5.41) is 17.0. The number of carbonyl (C=O) groups excluding carboxylic acids is 2. The van der Waals surface area contributed by atoms with E-state index in [9.17, 15) is 14.7 Å². The largest absolute Gasteiger partial charge is 0.445 e. The minimum Gasteiger partial charge on any atom is -0.445 e. The molecule has 0 bridgehead atoms. The Morgan fingerprint density at radius 3 is 2.03 bits per heavy atom. The van der Waals surface area contributed by atoms with Crippen molar-refractivity contribution in [2.24, 2.45) is 0 Å². The number of pyridine rings is 1. The number of nitrogens with one attached hydrogen (secondary N) is 2. The second kappa shape index (κ2) is 14.1. The van der Waals surface area contributed by atoms with E-state index in [1.807, 2.05) is 66.7 Å². The summed E-state index contributed by atoms with van der Waals surface area (Å²) in [5.74, 6) is 0. The number of aliphatic hydroxyl groups is 1. The molecule has 0 radical (unpaired) electrons. The van der Waals surface area contributed by atoms with Gasteiger partial charge in [0.1, 0.15) is 12.2 Å². The number of ether oxygens (including phenoxy) is 2. The molecule has 0 unspecified atom stereocenters. The van der Waals surface area contributed by atoms with Crippen LogP contribution in [0.2, 0.25) is 0 Å². The Bertz CT molecular complexity index is 1120. The Kier molecular flexibility index (Phi) is 10.7. The Morgan fingerprint density at radius 2 is 1.45 bits per heavy atom. The van der Waals surface area contributed by atoms with Gasteiger partial charge in [0, 0.05) is 24.0 Å². The van der Waals surface area contributed by atoms with Crippen molar-refractivity contribution in [3.05, 3.63) is 102 Å². The second-order valence-electron chi connectivity index (χ2n) is 10.2. The fourth-order valence-corrected chi connectivity index (χ4v) is 4.00. The Hall–Kier alpha value is -3.91. The number of hydrogen-bond acceptors (Lipinski definition) is 6. The van der Waals surface area contributed by atoms with Crippen molar-refractivity contribution < 1.29 is 24.2 Å². The van der Waals surface area contributed by atoms with Crippen molar-refractivity contribution in [2.45, 2.75) is 70.4 Å². The molecule has 2 aromatic carbocycles. The summed E-state index contributed by atoms with van der Waals surface area (Å²) < 4.78 is 10.8. The van der Waals surface area contributed by atoms with Crippen LogP contribution in [0.3, 0.4) is 0 Å². The summed E-state index contributed by atoms with van der Waals surface area (Å²) in [6.07, 6.45) is 2.14. The van der Waals surface area contributed by atoms with Crippen LogP contribution in [0.5, 0.6) is 0 Å². The van der Waals surface area contributed by atoms with Crippen molar-refractivity contribution in [2.75, 3.05) is 0 Å². The van der Waals surface area contributed by atoms with Crippen LogP contribution in [0.25, 0.3) is 0 Å². The Balaban J connectivity index is 1.72. The maximum absolute atomic E-state index is 12.7. The van der Waals surface area contributed by atoms with E-state index in [1.165, 1.54) is 0 Å². The molecule has 0 aliphatic carbocycles. The average molecular weight is 520 g/mol. The first-order chi connectivity index (χ1) is 18.2. The zero-order chi connectivity index (χ0) is 27.4. The first-order valence-electron chi connectivity index (χ1n) is 12.8. The van der Waals surface area contributed by atoms with Crippen molar-refractivity contribution in [3.8, 4) is 0 Å². The summed E-state index contributed by atoms with van der Waals surface area (Å²) >= 11 is 0. The Morgan fingerprint density at radius 1 is 0.842 bits per heavy atom. The summed E-state index contributed by atoms with van der Waals surface area (Å²) in [5.41, 5.74) is 2.05. The smallest absolute Gasteiger partial charge is 0.407 e. The van der Waals surface area contributed by atoms with E-state index in [2.05, 4.69) is 15.6 Å². The lowest BCUT2D eigenvalue weighted by Gasteiger charge is -2.29. The van der Waals surface area contributed by atoms with Crippen LogP contribution in [0, 0.1) is 0 Å². The van der Waals surface area contributed by atoms with Crippen LogP contribution in [0.1, 0.15) is 43.9 Å². The molecule has 0 spiro atoms. The van der Waals surface area contributed by atoms with Gasteiger partial charge >= 0.3 is 12.2 Å². The van der Waals surface area contributed by atoms with Gasteiger partial charge in [-0.05, 0) is 57.2 Å². The molecule has 3 N–H and O–H groups in total. The molecule has 2 amide bonds. The van der Waals surface area contributed by atoms with E-state index in [0.29, 0.717) is 12.8 Å². The third kappa shape index (κ3) is 10.6. The number of aliphatic hydroxyl groups excluding tert-OH is 1. The van der Waals surface area contributed by atoms with Gasteiger partial charge in [-0.3, -0.25) is 4.98 Å². The van der Waals surface area contributed by atoms with Crippen molar-refractivity contribution in [1.82, 2.24) is 15.6 Å². The van der Waals surface area contributed by atoms with Crippen LogP contribution in [-0.2, 0) is 28.9 Å². The first-order valence-corrected chi connectivity index (χ1v) is 12.8. The predicted octanol–water partition coefficient (Wildman–Crippen LogP) is 4.81. The number of hydrogen-bond donors (Lipinski definition) is 3. The summed E-state index contributed by atoms with van der Waals surface area (Å²) in [4.78, 5) is 29.3. The zero-order valence-corrected chi connectivity index (χ0v) is 22.2. The number of carbonyl (C=O) groups is 2. The lowest BCUT2D eigenvalue weighted by Crippen LogP contribution is -2.49. The molecule has 0 saturated carbocycles. The SMILES string of the molecule is CC(C)(C)OC(=O)N[C@@H](Cc1ccccc1)C[C@H](O)[C@H](Cc1ccccc1)NC(=O)OCc1cccnc1. The average Bonchev–Trinajstić information content (AvgIpc) is 2.87. The molecule has 3 rings (SSSR count). The molecule has 1 heterocycles. The molecule has 0 saturated heterocycles. The highest BCUT2D eigenvalue weighted by Gasteiger charge is 2.28. The number of nitrogens with zero attached hydrogens (tertiary/aromatic N) is 1. The molecule has 0 fully saturated rings. The predicted molar refractivity (Wildman–Crippen MR) is 145 cm³/mol. The summed E-state index contributed by atoms with van der Waals surface area (Å²) in [6.45, 7) is 5.45. The van der Waals surface area contributed by atoms with Crippen LogP contribution in [-0.4, -0.2) is 46.1 Å². The molecular formula is C30H37N3O5. The fourth-order valence-electron chi connectivity index (χ4n) is 4.00.